The van der Waals surface area contributed by atoms with Crippen LogP contribution in [0.25, 0.3) is 5.69 Å². The minimum atomic E-state index is -4.75. The fourth-order valence-corrected chi connectivity index (χ4v) is 3.77. The minimum Gasteiger partial charge on any atom is -0.369 e. The van der Waals surface area contributed by atoms with Gasteiger partial charge in [0.05, 0.1) is 32.9 Å². The van der Waals surface area contributed by atoms with Gasteiger partial charge in [0.2, 0.25) is 0 Å². The zero-order valence-electron chi connectivity index (χ0n) is 15.9. The lowest BCUT2D eigenvalue weighted by Crippen LogP contribution is -2.20. The molecule has 1 unspecified atom stereocenters. The number of alkyl halides is 6. The highest BCUT2D eigenvalue weighted by atomic mass is 35.5. The van der Waals surface area contributed by atoms with Crippen LogP contribution in [-0.4, -0.2) is 47.7 Å². The molecule has 1 saturated carbocycles. The Bertz CT molecular complexity index is 1080. The molecule has 1 fully saturated rings. The number of aromatic nitrogens is 2. The molecule has 0 saturated heterocycles. The van der Waals surface area contributed by atoms with Crippen molar-refractivity contribution in [2.75, 3.05) is 20.8 Å². The lowest BCUT2D eigenvalue weighted by Gasteiger charge is -2.15. The highest BCUT2D eigenvalue weighted by Gasteiger charge is 2.74. The van der Waals surface area contributed by atoms with Crippen LogP contribution in [0.3, 0.4) is 0 Å². The average molecular weight is 484 g/mol. The number of halogens is 8. The zero-order chi connectivity index (χ0) is 23.4. The first-order chi connectivity index (χ1) is 14.3. The lowest BCUT2D eigenvalue weighted by atomic mass is 9.96. The third-order valence-corrected chi connectivity index (χ3v) is 5.32. The predicted octanol–water partition coefficient (Wildman–Crippen LogP) is 5.54. The summed E-state index contributed by atoms with van der Waals surface area (Å²) in [6.45, 7) is -1.50. The third-order valence-electron chi connectivity index (χ3n) is 4.74. The minimum absolute atomic E-state index is 0.317. The van der Waals surface area contributed by atoms with E-state index in [4.69, 9.17) is 23.2 Å². The number of nitrogens with zero attached hydrogens (tertiary/aromatic N) is 5. The van der Waals surface area contributed by atoms with E-state index in [0.717, 1.165) is 4.68 Å². The highest BCUT2D eigenvalue weighted by Crippen LogP contribution is 2.64. The van der Waals surface area contributed by atoms with Crippen molar-refractivity contribution in [1.82, 2.24) is 14.7 Å². The fraction of sp³-hybridized carbons (Fsp3) is 0.389. The molecule has 5 nitrogen and oxygen atoms in total. The van der Waals surface area contributed by atoms with Crippen molar-refractivity contribution in [1.29, 1.82) is 5.26 Å². The van der Waals surface area contributed by atoms with Crippen molar-refractivity contribution >= 4 is 35.4 Å². The number of benzene rings is 1. The van der Waals surface area contributed by atoms with Gasteiger partial charge in [0.15, 0.2) is 11.5 Å². The molecule has 1 aromatic heterocycles. The van der Waals surface area contributed by atoms with E-state index in [1.54, 1.807) is 20.2 Å². The van der Waals surface area contributed by atoms with Crippen LogP contribution in [0.15, 0.2) is 17.1 Å². The summed E-state index contributed by atoms with van der Waals surface area (Å²) < 4.78 is 82.1. The predicted molar refractivity (Wildman–Crippen MR) is 102 cm³/mol. The largest absolute Gasteiger partial charge is 0.416 e. The van der Waals surface area contributed by atoms with Crippen molar-refractivity contribution in [3.63, 3.8) is 0 Å². The van der Waals surface area contributed by atoms with E-state index < -0.39 is 57.5 Å². The Morgan fingerprint density at radius 1 is 1.29 bits per heavy atom. The molecule has 0 radical (unpaired) electrons. The summed E-state index contributed by atoms with van der Waals surface area (Å²) in [7, 11) is 3.12. The zero-order valence-corrected chi connectivity index (χ0v) is 17.4. The van der Waals surface area contributed by atoms with E-state index in [0.29, 0.717) is 12.1 Å². The molecule has 1 aliphatic carbocycles. The topological polar surface area (TPSA) is 57.2 Å². The average Bonchev–Trinajstić information content (AvgIpc) is 3.03. The van der Waals surface area contributed by atoms with Crippen molar-refractivity contribution in [2.24, 2.45) is 4.99 Å². The Labute approximate surface area is 182 Å². The first-order valence-corrected chi connectivity index (χ1v) is 9.29. The van der Waals surface area contributed by atoms with Crippen LogP contribution in [0, 0.1) is 11.3 Å². The summed E-state index contributed by atoms with van der Waals surface area (Å²) in [5.74, 6) is -3.85. The molecule has 0 spiro atoms. The van der Waals surface area contributed by atoms with Gasteiger partial charge in [-0.3, -0.25) is 0 Å². The molecule has 0 aliphatic heterocycles. The number of nitriles is 1. The molecule has 166 valence electrons. The number of rotatable bonds is 5. The van der Waals surface area contributed by atoms with Crippen LogP contribution < -0.4 is 0 Å². The van der Waals surface area contributed by atoms with Gasteiger partial charge in [0, 0.05) is 20.5 Å². The molecule has 1 aliphatic rings. The second kappa shape index (κ2) is 7.60. The summed E-state index contributed by atoms with van der Waals surface area (Å²) >= 11 is 12.0. The number of hydrogen-bond acceptors (Lipinski definition) is 3. The van der Waals surface area contributed by atoms with E-state index >= 15 is 0 Å². The van der Waals surface area contributed by atoms with Gasteiger partial charge >= 0.3 is 6.18 Å². The standard InChI is InChI=1S/C18H13Cl2F6N5/c1-30(2)8-28-15-13(16(7-21)6-17(16,22)23)12(5-27)29-31(15)14-10(19)3-9(4-11(14)20)18(24,25)26/h3-4,8H,6-7H2,1-2H3. The van der Waals surface area contributed by atoms with Gasteiger partial charge in [0.25, 0.3) is 5.92 Å². The van der Waals surface area contributed by atoms with Crippen LogP contribution in [0.1, 0.15) is 23.2 Å². The van der Waals surface area contributed by atoms with Gasteiger partial charge in [-0.15, -0.1) is 0 Å². The third kappa shape index (κ3) is 3.83. The molecule has 1 aromatic carbocycles. The van der Waals surface area contributed by atoms with Gasteiger partial charge in [-0.2, -0.15) is 23.5 Å². The molecule has 1 atom stereocenters. The van der Waals surface area contributed by atoms with Gasteiger partial charge in [-0.1, -0.05) is 23.2 Å². The first-order valence-electron chi connectivity index (χ1n) is 8.53. The molecule has 2 aromatic rings. The summed E-state index contributed by atoms with van der Waals surface area (Å²) in [4.78, 5) is 5.46. The Kier molecular flexibility index (Phi) is 5.69. The molecule has 0 N–H and O–H groups in total. The Balaban J connectivity index is 2.34. The molecule has 3 rings (SSSR count). The summed E-state index contributed by atoms with van der Waals surface area (Å²) in [6.07, 6.45) is -4.45. The van der Waals surface area contributed by atoms with E-state index in [2.05, 4.69) is 10.1 Å². The second-order valence-corrected chi connectivity index (χ2v) is 7.98. The Morgan fingerprint density at radius 3 is 2.23 bits per heavy atom. The van der Waals surface area contributed by atoms with Crippen molar-refractivity contribution in [3.05, 3.63) is 39.0 Å². The monoisotopic (exact) mass is 483 g/mol. The smallest absolute Gasteiger partial charge is 0.369 e. The molecular formula is C18H13Cl2F6N5. The Hall–Kier alpha value is -2.45. The number of aliphatic imine (C=N–C) groups is 1. The maximum Gasteiger partial charge on any atom is 0.416 e. The summed E-state index contributed by atoms with van der Waals surface area (Å²) in [6, 6.07) is 2.77. The molecule has 0 bridgehead atoms. The summed E-state index contributed by atoms with van der Waals surface area (Å²) in [5, 5.41) is 12.3. The molecule has 0 amide bonds. The maximum atomic E-state index is 14.2. The summed E-state index contributed by atoms with van der Waals surface area (Å²) in [5.41, 5.74) is -4.82. The SMILES string of the molecule is CN(C)C=Nc1c(C2(CF)CC2(F)F)c(C#N)nn1-c1c(Cl)cc(C(F)(F)F)cc1Cl. The van der Waals surface area contributed by atoms with E-state index in [1.807, 2.05) is 0 Å². The van der Waals surface area contributed by atoms with Gasteiger partial charge in [-0.25, -0.2) is 22.8 Å². The molecular weight excluding hydrogens is 471 g/mol. The van der Waals surface area contributed by atoms with Crippen molar-refractivity contribution < 1.29 is 26.3 Å². The molecule has 1 heterocycles. The van der Waals surface area contributed by atoms with Gasteiger partial charge < -0.3 is 4.90 Å². The Morgan fingerprint density at radius 2 is 1.84 bits per heavy atom. The lowest BCUT2D eigenvalue weighted by molar-refractivity contribution is -0.137. The molecule has 31 heavy (non-hydrogen) atoms. The van der Waals surface area contributed by atoms with E-state index in [1.165, 1.54) is 11.2 Å². The van der Waals surface area contributed by atoms with Crippen LogP contribution in [0.4, 0.5) is 32.2 Å². The van der Waals surface area contributed by atoms with Gasteiger partial charge in [0.1, 0.15) is 18.4 Å². The van der Waals surface area contributed by atoms with E-state index in [-0.39, 0.29) is 11.5 Å². The highest BCUT2D eigenvalue weighted by molar-refractivity contribution is 6.38. The van der Waals surface area contributed by atoms with Gasteiger partial charge in [-0.05, 0) is 12.1 Å². The van der Waals surface area contributed by atoms with Crippen molar-refractivity contribution in [3.8, 4) is 11.8 Å². The number of hydrogen-bond donors (Lipinski definition) is 0. The molecule has 13 heteroatoms. The van der Waals surface area contributed by atoms with Crippen molar-refractivity contribution in [2.45, 2.75) is 23.9 Å². The van der Waals surface area contributed by atoms with Crippen LogP contribution >= 0.6 is 23.2 Å². The first kappa shape index (κ1) is 23.2. The normalized spacial score (nSPS) is 20.2. The maximum absolute atomic E-state index is 14.2. The second-order valence-electron chi connectivity index (χ2n) is 7.16. The van der Waals surface area contributed by atoms with Crippen LogP contribution in [0.2, 0.25) is 10.0 Å². The van der Waals surface area contributed by atoms with Crippen LogP contribution in [0.5, 0.6) is 0 Å². The quantitative estimate of drug-likeness (QED) is 0.318. The van der Waals surface area contributed by atoms with E-state index in [9.17, 15) is 31.6 Å². The fourth-order valence-electron chi connectivity index (χ4n) is 3.12. The van der Waals surface area contributed by atoms with Crippen LogP contribution in [-0.2, 0) is 11.6 Å².